The van der Waals surface area contributed by atoms with Gasteiger partial charge in [-0.25, -0.2) is 0 Å². The molecule has 1 aromatic rings. The molecule has 0 unspecified atom stereocenters. The van der Waals surface area contributed by atoms with Gasteiger partial charge in [-0.05, 0) is 5.56 Å². The van der Waals surface area contributed by atoms with Crippen molar-refractivity contribution in [2.75, 3.05) is 26.1 Å². The molecule has 0 amide bonds. The van der Waals surface area contributed by atoms with Gasteiger partial charge in [0.15, 0.2) is 0 Å². The zero-order valence-corrected chi connectivity index (χ0v) is 8.26. The highest BCUT2D eigenvalue weighted by atomic mass is 16.3. The van der Waals surface area contributed by atoms with Crippen molar-refractivity contribution >= 4 is 0 Å². The lowest BCUT2D eigenvalue weighted by molar-refractivity contribution is 0.129. The number of hydrogen-bond acceptors (Lipinski definition) is 3. The van der Waals surface area contributed by atoms with E-state index in [1.54, 1.807) is 4.90 Å². The van der Waals surface area contributed by atoms with Gasteiger partial charge in [0, 0.05) is 19.6 Å². The summed E-state index contributed by atoms with van der Waals surface area (Å²) in [4.78, 5) is 12.3. The Labute approximate surface area is 95.1 Å². The first-order valence-corrected chi connectivity index (χ1v) is 4.75. The molecule has 1 fully saturated rings. The Morgan fingerprint density at radius 2 is 1.93 bits per heavy atom. The summed E-state index contributed by atoms with van der Waals surface area (Å²) in [7, 11) is 0. The molecule has 0 aromatic heterocycles. The SMILES string of the molecule is [2H]C1([2H])CN(Cc2ccccc2)CC([2H])([2H])N1N=O. The molecular weight excluding hydrogens is 190 g/mol. The summed E-state index contributed by atoms with van der Waals surface area (Å²) < 4.78 is 31.0. The van der Waals surface area contributed by atoms with E-state index in [9.17, 15) is 4.91 Å². The second-order valence-corrected chi connectivity index (χ2v) is 3.34. The number of nitroso groups, excluding NO2 is 1. The molecule has 4 nitrogen and oxygen atoms in total. The van der Waals surface area contributed by atoms with Gasteiger partial charge < -0.3 is 0 Å². The fourth-order valence-electron chi connectivity index (χ4n) is 1.46. The van der Waals surface area contributed by atoms with Crippen molar-refractivity contribution in [3.63, 3.8) is 0 Å². The van der Waals surface area contributed by atoms with E-state index in [4.69, 9.17) is 5.48 Å². The Balaban J connectivity index is 2.15. The van der Waals surface area contributed by atoms with Gasteiger partial charge in [-0.1, -0.05) is 30.3 Å². The lowest BCUT2D eigenvalue weighted by atomic mass is 10.2. The molecule has 2 rings (SSSR count). The van der Waals surface area contributed by atoms with E-state index in [1.807, 2.05) is 30.3 Å². The van der Waals surface area contributed by atoms with E-state index in [-0.39, 0.29) is 13.1 Å². The number of nitrogens with zero attached hydrogens (tertiary/aromatic N) is 3. The topological polar surface area (TPSA) is 35.9 Å². The molecule has 0 spiro atoms. The van der Waals surface area contributed by atoms with Crippen LogP contribution >= 0.6 is 0 Å². The van der Waals surface area contributed by atoms with Crippen LogP contribution in [0.3, 0.4) is 0 Å². The van der Waals surface area contributed by atoms with Crippen molar-refractivity contribution in [1.29, 1.82) is 0 Å². The first kappa shape index (κ1) is 6.23. The molecule has 1 heterocycles. The van der Waals surface area contributed by atoms with Crippen LogP contribution in [0, 0.1) is 4.91 Å². The molecule has 0 saturated carbocycles. The summed E-state index contributed by atoms with van der Waals surface area (Å²) in [5, 5.41) is 2.88. The highest BCUT2D eigenvalue weighted by molar-refractivity contribution is 5.14. The lowest BCUT2D eigenvalue weighted by Gasteiger charge is -2.31. The average Bonchev–Trinajstić information content (AvgIpc) is 2.27. The van der Waals surface area contributed by atoms with E-state index in [0.29, 0.717) is 11.6 Å². The second kappa shape index (κ2) is 4.89. The first-order valence-electron chi connectivity index (χ1n) is 6.75. The van der Waals surface area contributed by atoms with Crippen molar-refractivity contribution in [3.05, 3.63) is 40.8 Å². The molecule has 0 bridgehead atoms. The summed E-state index contributed by atoms with van der Waals surface area (Å²) >= 11 is 0. The van der Waals surface area contributed by atoms with Gasteiger partial charge in [-0.3, -0.25) is 9.91 Å². The van der Waals surface area contributed by atoms with E-state index >= 15 is 0 Å². The van der Waals surface area contributed by atoms with Crippen molar-refractivity contribution in [2.45, 2.75) is 6.54 Å². The van der Waals surface area contributed by atoms with Crippen LogP contribution in [-0.2, 0) is 6.54 Å². The fourth-order valence-corrected chi connectivity index (χ4v) is 1.46. The lowest BCUT2D eigenvalue weighted by Crippen LogP contribution is -2.43. The molecule has 0 radical (unpaired) electrons. The molecule has 0 aliphatic carbocycles. The van der Waals surface area contributed by atoms with Gasteiger partial charge in [0.25, 0.3) is 0 Å². The third kappa shape index (κ3) is 2.76. The van der Waals surface area contributed by atoms with Gasteiger partial charge in [0.1, 0.15) is 0 Å². The van der Waals surface area contributed by atoms with Crippen LogP contribution in [0.4, 0.5) is 0 Å². The normalized spacial score (nSPS) is 28.4. The standard InChI is InChI=1S/C11H15N3O/c15-12-14-8-6-13(7-9-14)10-11-4-2-1-3-5-11/h1-5H,6-10H2/i8D2,9D2. The molecule has 4 heteroatoms. The highest BCUT2D eigenvalue weighted by Gasteiger charge is 2.15. The predicted molar refractivity (Wildman–Crippen MR) is 59.1 cm³/mol. The Kier molecular flexibility index (Phi) is 2.03. The quantitative estimate of drug-likeness (QED) is 0.707. The second-order valence-electron chi connectivity index (χ2n) is 3.34. The molecule has 1 aliphatic heterocycles. The van der Waals surface area contributed by atoms with Gasteiger partial charge in [-0.15, -0.1) is 4.91 Å². The van der Waals surface area contributed by atoms with Crippen LogP contribution in [0.25, 0.3) is 0 Å². The summed E-state index contributed by atoms with van der Waals surface area (Å²) in [6.45, 7) is -3.91. The number of hydrogen-bond donors (Lipinski definition) is 0. The zero-order chi connectivity index (χ0) is 14.1. The minimum Gasteiger partial charge on any atom is -0.295 e. The van der Waals surface area contributed by atoms with Crippen molar-refractivity contribution in [2.24, 2.45) is 5.29 Å². The van der Waals surface area contributed by atoms with Crippen molar-refractivity contribution in [3.8, 4) is 0 Å². The van der Waals surface area contributed by atoms with Crippen LogP contribution in [0.15, 0.2) is 35.6 Å². The molecule has 0 atom stereocenters. The number of piperazine rings is 1. The molecule has 15 heavy (non-hydrogen) atoms. The van der Waals surface area contributed by atoms with E-state index < -0.39 is 13.0 Å². The maximum Gasteiger partial charge on any atom is 0.0526 e. The zero-order valence-electron chi connectivity index (χ0n) is 12.3. The van der Waals surface area contributed by atoms with Crippen LogP contribution < -0.4 is 0 Å². The maximum absolute atomic E-state index is 10.6. The summed E-state index contributed by atoms with van der Waals surface area (Å²) in [5.74, 6) is 0. The third-order valence-electron chi connectivity index (χ3n) is 2.22. The molecule has 1 aromatic carbocycles. The molecule has 1 aliphatic rings. The smallest absolute Gasteiger partial charge is 0.0526 e. The van der Waals surface area contributed by atoms with Gasteiger partial charge in [-0.2, -0.15) is 0 Å². The number of rotatable bonds is 3. The minimum atomic E-state index is -2.11. The van der Waals surface area contributed by atoms with Gasteiger partial charge >= 0.3 is 0 Å². The molecule has 0 N–H and O–H groups in total. The van der Waals surface area contributed by atoms with Crippen LogP contribution in [0.2, 0.25) is 0 Å². The monoisotopic (exact) mass is 209 g/mol. The Hall–Kier alpha value is -1.42. The molecule has 1 saturated heterocycles. The maximum atomic E-state index is 10.6. The third-order valence-corrected chi connectivity index (χ3v) is 2.22. The van der Waals surface area contributed by atoms with E-state index in [2.05, 4.69) is 5.29 Å². The van der Waals surface area contributed by atoms with E-state index in [0.717, 1.165) is 5.56 Å². The average molecular weight is 209 g/mol. The Morgan fingerprint density at radius 1 is 1.27 bits per heavy atom. The Bertz CT molecular complexity index is 437. The molecule has 80 valence electrons. The van der Waals surface area contributed by atoms with Crippen molar-refractivity contribution < 1.29 is 5.48 Å². The van der Waals surface area contributed by atoms with Gasteiger partial charge in [0.2, 0.25) is 0 Å². The first-order chi connectivity index (χ1) is 8.85. The van der Waals surface area contributed by atoms with Crippen molar-refractivity contribution in [1.82, 2.24) is 9.91 Å². The summed E-state index contributed by atoms with van der Waals surface area (Å²) in [6, 6.07) is 9.44. The minimum absolute atomic E-state index is 0.0624. The largest absolute Gasteiger partial charge is 0.295 e. The molecular formula is C11H15N3O. The predicted octanol–water partition coefficient (Wildman–Crippen LogP) is 1.49. The highest BCUT2D eigenvalue weighted by Crippen LogP contribution is 2.07. The van der Waals surface area contributed by atoms with Gasteiger partial charge in [0.05, 0.1) is 23.8 Å². The summed E-state index contributed by atoms with van der Waals surface area (Å²) in [6.07, 6.45) is 0. The Morgan fingerprint density at radius 3 is 2.53 bits per heavy atom. The summed E-state index contributed by atoms with van der Waals surface area (Å²) in [5.41, 5.74) is 0.974. The fraction of sp³-hybridized carbons (Fsp3) is 0.455. The van der Waals surface area contributed by atoms with Crippen LogP contribution in [0.1, 0.15) is 11.0 Å². The van der Waals surface area contributed by atoms with Crippen LogP contribution in [0.5, 0.6) is 0 Å². The van der Waals surface area contributed by atoms with Crippen LogP contribution in [-0.4, -0.2) is 36.0 Å². The number of benzene rings is 1. The van der Waals surface area contributed by atoms with E-state index in [1.165, 1.54) is 0 Å².